The van der Waals surface area contributed by atoms with Gasteiger partial charge < -0.3 is 19.9 Å². The summed E-state index contributed by atoms with van der Waals surface area (Å²) in [5.74, 6) is 0.745. The van der Waals surface area contributed by atoms with Crippen molar-refractivity contribution in [1.29, 1.82) is 0 Å². The summed E-state index contributed by atoms with van der Waals surface area (Å²) in [6, 6.07) is 13.4. The van der Waals surface area contributed by atoms with Crippen LogP contribution in [0.3, 0.4) is 0 Å². The first-order valence-electron chi connectivity index (χ1n) is 10.4. The lowest BCUT2D eigenvalue weighted by atomic mass is 10.0. The quantitative estimate of drug-likeness (QED) is 0.537. The lowest BCUT2D eigenvalue weighted by Crippen LogP contribution is -2.39. The van der Waals surface area contributed by atoms with Gasteiger partial charge in [0.05, 0.1) is 31.0 Å². The van der Waals surface area contributed by atoms with Crippen LogP contribution < -0.4 is 10.1 Å². The van der Waals surface area contributed by atoms with Gasteiger partial charge in [-0.25, -0.2) is 9.37 Å². The molecule has 1 saturated heterocycles. The molecule has 1 aliphatic rings. The van der Waals surface area contributed by atoms with Crippen molar-refractivity contribution >= 4 is 17.4 Å². The molecule has 32 heavy (non-hydrogen) atoms. The second kappa shape index (κ2) is 10.2. The Kier molecular flexibility index (Phi) is 7.09. The van der Waals surface area contributed by atoms with Crippen molar-refractivity contribution < 1.29 is 19.0 Å². The highest BCUT2D eigenvalue weighted by molar-refractivity contribution is 6.30. The van der Waals surface area contributed by atoms with E-state index in [4.69, 9.17) is 26.1 Å². The molecule has 6 nitrogen and oxygen atoms in total. The van der Waals surface area contributed by atoms with Crippen LogP contribution in [-0.2, 0) is 4.74 Å². The molecule has 4 rings (SSSR count). The van der Waals surface area contributed by atoms with E-state index in [0.29, 0.717) is 34.9 Å². The standard InChI is InChI=1S/C24H25ClFN3O3/c1-31-18-3-4-19(23(30)15-18)22-13-17(16-2-5-20(25)21(26)12-16)14-24(28-22)27-6-7-29-8-10-32-11-9-29/h2-5,12-15,30H,6-11H2,1H3,(H,27,28). The van der Waals surface area contributed by atoms with Gasteiger partial charge in [0.1, 0.15) is 23.1 Å². The largest absolute Gasteiger partial charge is 0.507 e. The third-order valence-corrected chi connectivity index (χ3v) is 5.70. The molecule has 168 valence electrons. The molecule has 0 atom stereocenters. The zero-order chi connectivity index (χ0) is 22.5. The monoisotopic (exact) mass is 457 g/mol. The van der Waals surface area contributed by atoms with Crippen LogP contribution in [0.5, 0.6) is 11.5 Å². The van der Waals surface area contributed by atoms with Crippen molar-refractivity contribution in [3.05, 3.63) is 59.4 Å². The Bertz CT molecular complexity index is 1090. The normalized spacial score (nSPS) is 14.3. The number of nitrogens with zero attached hydrogens (tertiary/aromatic N) is 2. The number of anilines is 1. The van der Waals surface area contributed by atoms with Crippen molar-refractivity contribution in [2.45, 2.75) is 0 Å². The molecule has 2 aromatic carbocycles. The average Bonchev–Trinajstić information content (AvgIpc) is 2.81. The number of halogens is 2. The predicted molar refractivity (Wildman–Crippen MR) is 124 cm³/mol. The van der Waals surface area contributed by atoms with Crippen molar-refractivity contribution in [3.8, 4) is 33.9 Å². The van der Waals surface area contributed by atoms with E-state index in [-0.39, 0.29) is 10.8 Å². The molecule has 2 N–H and O–H groups in total. The summed E-state index contributed by atoms with van der Waals surface area (Å²) in [7, 11) is 1.54. The van der Waals surface area contributed by atoms with E-state index in [2.05, 4.69) is 10.2 Å². The number of hydrogen-bond donors (Lipinski definition) is 2. The lowest BCUT2D eigenvalue weighted by Gasteiger charge is -2.26. The lowest BCUT2D eigenvalue weighted by molar-refractivity contribution is 0.0398. The Labute approximate surface area is 191 Å². The summed E-state index contributed by atoms with van der Waals surface area (Å²) in [5.41, 5.74) is 2.54. The number of aromatic hydroxyl groups is 1. The Balaban J connectivity index is 1.65. The summed E-state index contributed by atoms with van der Waals surface area (Å²) in [4.78, 5) is 7.02. The van der Waals surface area contributed by atoms with Crippen LogP contribution in [0.2, 0.25) is 5.02 Å². The number of ether oxygens (including phenoxy) is 2. The van der Waals surface area contributed by atoms with Gasteiger partial charge in [0, 0.05) is 37.8 Å². The average molecular weight is 458 g/mol. The summed E-state index contributed by atoms with van der Waals surface area (Å²) >= 11 is 5.86. The molecule has 0 bridgehead atoms. The van der Waals surface area contributed by atoms with Crippen molar-refractivity contribution in [3.63, 3.8) is 0 Å². The molecule has 0 unspecified atom stereocenters. The van der Waals surface area contributed by atoms with Crippen LogP contribution in [-0.4, -0.2) is 61.5 Å². The number of morpholine rings is 1. The highest BCUT2D eigenvalue weighted by Crippen LogP contribution is 2.35. The molecular weight excluding hydrogens is 433 g/mol. The van der Waals surface area contributed by atoms with E-state index in [0.717, 1.165) is 38.4 Å². The van der Waals surface area contributed by atoms with Crippen LogP contribution in [0, 0.1) is 5.82 Å². The third kappa shape index (κ3) is 5.30. The summed E-state index contributed by atoms with van der Waals surface area (Å²) in [6.07, 6.45) is 0. The van der Waals surface area contributed by atoms with Gasteiger partial charge in [-0.3, -0.25) is 4.90 Å². The Hall–Kier alpha value is -2.87. The first-order chi connectivity index (χ1) is 15.5. The summed E-state index contributed by atoms with van der Waals surface area (Å²) < 4.78 is 24.7. The van der Waals surface area contributed by atoms with Crippen LogP contribution in [0.4, 0.5) is 10.2 Å². The van der Waals surface area contributed by atoms with Crippen molar-refractivity contribution in [1.82, 2.24) is 9.88 Å². The van der Waals surface area contributed by atoms with E-state index in [1.165, 1.54) is 18.2 Å². The minimum absolute atomic E-state index is 0.0514. The van der Waals surface area contributed by atoms with Crippen LogP contribution >= 0.6 is 11.6 Å². The Morgan fingerprint density at radius 3 is 2.66 bits per heavy atom. The van der Waals surface area contributed by atoms with E-state index in [1.54, 1.807) is 25.3 Å². The second-order valence-electron chi connectivity index (χ2n) is 7.52. The minimum Gasteiger partial charge on any atom is -0.507 e. The maximum absolute atomic E-state index is 14.1. The first-order valence-corrected chi connectivity index (χ1v) is 10.8. The number of pyridine rings is 1. The molecule has 1 aromatic heterocycles. The van der Waals surface area contributed by atoms with Gasteiger partial charge in [0.2, 0.25) is 0 Å². The highest BCUT2D eigenvalue weighted by atomic mass is 35.5. The van der Waals surface area contributed by atoms with Gasteiger partial charge in [0.15, 0.2) is 0 Å². The van der Waals surface area contributed by atoms with E-state index >= 15 is 0 Å². The Morgan fingerprint density at radius 1 is 1.12 bits per heavy atom. The van der Waals surface area contributed by atoms with Crippen LogP contribution in [0.25, 0.3) is 22.4 Å². The molecule has 0 aliphatic carbocycles. The highest BCUT2D eigenvalue weighted by Gasteiger charge is 2.14. The van der Waals surface area contributed by atoms with Gasteiger partial charge in [0.25, 0.3) is 0 Å². The molecule has 0 amide bonds. The first kappa shape index (κ1) is 22.3. The molecule has 1 aliphatic heterocycles. The van der Waals surface area contributed by atoms with Crippen molar-refractivity contribution in [2.75, 3.05) is 51.8 Å². The molecule has 0 saturated carbocycles. The fraction of sp³-hybridized carbons (Fsp3) is 0.292. The number of aromatic nitrogens is 1. The molecular formula is C24H25ClFN3O3. The third-order valence-electron chi connectivity index (χ3n) is 5.40. The molecule has 2 heterocycles. The maximum atomic E-state index is 14.1. The van der Waals surface area contributed by atoms with E-state index in [9.17, 15) is 9.50 Å². The minimum atomic E-state index is -0.489. The fourth-order valence-electron chi connectivity index (χ4n) is 3.62. The number of nitrogens with one attached hydrogen (secondary N) is 1. The molecule has 0 radical (unpaired) electrons. The van der Waals surface area contributed by atoms with Crippen LogP contribution in [0.15, 0.2) is 48.5 Å². The van der Waals surface area contributed by atoms with E-state index < -0.39 is 5.82 Å². The van der Waals surface area contributed by atoms with E-state index in [1.807, 2.05) is 12.1 Å². The van der Waals surface area contributed by atoms with Gasteiger partial charge in [-0.15, -0.1) is 0 Å². The number of hydrogen-bond acceptors (Lipinski definition) is 6. The fourth-order valence-corrected chi connectivity index (χ4v) is 3.74. The Morgan fingerprint density at radius 2 is 1.94 bits per heavy atom. The maximum Gasteiger partial charge on any atom is 0.142 e. The zero-order valence-electron chi connectivity index (χ0n) is 17.8. The SMILES string of the molecule is COc1ccc(-c2cc(-c3ccc(Cl)c(F)c3)cc(NCCN3CCOCC3)n2)c(O)c1. The zero-order valence-corrected chi connectivity index (χ0v) is 18.5. The number of benzene rings is 2. The number of phenolic OH excluding ortho intramolecular Hbond substituents is 1. The molecule has 1 fully saturated rings. The molecule has 8 heteroatoms. The van der Waals surface area contributed by atoms with Gasteiger partial charge in [-0.2, -0.15) is 0 Å². The van der Waals surface area contributed by atoms with Gasteiger partial charge in [-0.1, -0.05) is 17.7 Å². The smallest absolute Gasteiger partial charge is 0.142 e. The second-order valence-corrected chi connectivity index (χ2v) is 7.93. The summed E-state index contributed by atoms with van der Waals surface area (Å²) in [5, 5.41) is 13.9. The van der Waals surface area contributed by atoms with Crippen molar-refractivity contribution in [2.24, 2.45) is 0 Å². The number of methoxy groups -OCH3 is 1. The molecule has 3 aromatic rings. The van der Waals surface area contributed by atoms with Crippen LogP contribution in [0.1, 0.15) is 0 Å². The summed E-state index contributed by atoms with van der Waals surface area (Å²) in [6.45, 7) is 4.86. The van der Waals surface area contributed by atoms with Gasteiger partial charge >= 0.3 is 0 Å². The predicted octanol–water partition coefficient (Wildman–Crippen LogP) is 4.67. The number of phenols is 1. The number of rotatable bonds is 7. The molecule has 0 spiro atoms. The van der Waals surface area contributed by atoms with Gasteiger partial charge in [-0.05, 0) is 47.5 Å². The topological polar surface area (TPSA) is 66.9 Å².